The molecular formula is C15H16Cl2N2OS. The number of thiazole rings is 1. The summed E-state index contributed by atoms with van der Waals surface area (Å²) >= 11 is 13.7. The van der Waals surface area contributed by atoms with Crippen LogP contribution in [0.25, 0.3) is 0 Å². The molecule has 1 atom stereocenters. The Labute approximate surface area is 138 Å². The molecule has 1 aromatic carbocycles. The van der Waals surface area contributed by atoms with Gasteiger partial charge in [-0.1, -0.05) is 29.3 Å². The van der Waals surface area contributed by atoms with Gasteiger partial charge in [-0.15, -0.1) is 11.3 Å². The summed E-state index contributed by atoms with van der Waals surface area (Å²) in [4.78, 5) is 18.3. The summed E-state index contributed by atoms with van der Waals surface area (Å²) in [5.41, 5.74) is 1.69. The van der Waals surface area contributed by atoms with Crippen LogP contribution in [0.4, 0.5) is 0 Å². The van der Waals surface area contributed by atoms with Gasteiger partial charge in [-0.3, -0.25) is 4.79 Å². The molecule has 0 saturated carbocycles. The van der Waals surface area contributed by atoms with Crippen molar-refractivity contribution in [3.05, 3.63) is 49.9 Å². The summed E-state index contributed by atoms with van der Waals surface area (Å²) in [6.07, 6.45) is 0.302. The van der Waals surface area contributed by atoms with E-state index in [1.54, 1.807) is 35.4 Å². The molecule has 0 fully saturated rings. The Morgan fingerprint density at radius 3 is 2.71 bits per heavy atom. The van der Waals surface area contributed by atoms with Crippen molar-refractivity contribution in [1.29, 1.82) is 0 Å². The topological polar surface area (TPSA) is 33.2 Å². The highest BCUT2D eigenvalue weighted by Crippen LogP contribution is 2.29. The lowest BCUT2D eigenvalue weighted by Gasteiger charge is -2.26. The first-order valence-corrected chi connectivity index (χ1v) is 8.13. The highest BCUT2D eigenvalue weighted by Gasteiger charge is 2.20. The Morgan fingerprint density at radius 1 is 1.43 bits per heavy atom. The second kappa shape index (κ2) is 6.77. The minimum atomic E-state index is -0.123. The number of carbonyl (C=O) groups is 1. The molecule has 1 aromatic heterocycles. The number of likely N-dealkylation sites (N-methyl/N-ethyl adjacent to an activating group) is 1. The van der Waals surface area contributed by atoms with E-state index >= 15 is 0 Å². The molecule has 0 N–H and O–H groups in total. The van der Waals surface area contributed by atoms with Gasteiger partial charge in [-0.2, -0.15) is 0 Å². The third kappa shape index (κ3) is 3.96. The fraction of sp³-hybridized carbons (Fsp3) is 0.333. The molecular weight excluding hydrogens is 327 g/mol. The van der Waals surface area contributed by atoms with E-state index in [4.69, 9.17) is 23.2 Å². The summed E-state index contributed by atoms with van der Waals surface area (Å²) < 4.78 is 0. The number of carbonyl (C=O) groups excluding carboxylic acids is 1. The fourth-order valence-electron chi connectivity index (χ4n) is 2.03. The molecule has 0 aliphatic heterocycles. The first-order chi connectivity index (χ1) is 9.88. The van der Waals surface area contributed by atoms with Crippen molar-refractivity contribution in [2.24, 2.45) is 0 Å². The second-order valence-electron chi connectivity index (χ2n) is 4.88. The third-order valence-electron chi connectivity index (χ3n) is 3.39. The number of aromatic nitrogens is 1. The van der Waals surface area contributed by atoms with E-state index in [-0.39, 0.29) is 11.9 Å². The quantitative estimate of drug-likeness (QED) is 0.818. The summed E-state index contributed by atoms with van der Waals surface area (Å²) in [7, 11) is 1.77. The maximum atomic E-state index is 12.3. The largest absolute Gasteiger partial charge is 0.339 e. The van der Waals surface area contributed by atoms with Crippen molar-refractivity contribution in [3.8, 4) is 0 Å². The molecule has 0 saturated heterocycles. The van der Waals surface area contributed by atoms with Crippen LogP contribution in [0.3, 0.4) is 0 Å². The number of benzene rings is 1. The van der Waals surface area contributed by atoms with Crippen LogP contribution in [0.5, 0.6) is 0 Å². The van der Waals surface area contributed by atoms with E-state index in [0.29, 0.717) is 16.5 Å². The van der Waals surface area contributed by atoms with Crippen molar-refractivity contribution < 1.29 is 4.79 Å². The van der Waals surface area contributed by atoms with Gasteiger partial charge in [0.25, 0.3) is 0 Å². The summed E-state index contributed by atoms with van der Waals surface area (Å²) in [5, 5.41) is 4.04. The minimum absolute atomic E-state index is 0.0128. The first-order valence-electron chi connectivity index (χ1n) is 6.50. The zero-order valence-corrected chi connectivity index (χ0v) is 14.4. The minimum Gasteiger partial charge on any atom is -0.339 e. The van der Waals surface area contributed by atoms with Crippen LogP contribution in [0, 0.1) is 6.92 Å². The molecule has 6 heteroatoms. The molecule has 21 heavy (non-hydrogen) atoms. The van der Waals surface area contributed by atoms with E-state index in [0.717, 1.165) is 16.3 Å². The van der Waals surface area contributed by atoms with Crippen LogP contribution in [0.15, 0.2) is 23.6 Å². The van der Waals surface area contributed by atoms with Gasteiger partial charge in [0, 0.05) is 22.5 Å². The maximum Gasteiger partial charge on any atom is 0.228 e. The Kier molecular flexibility index (Phi) is 5.25. The van der Waals surface area contributed by atoms with Gasteiger partial charge in [-0.05, 0) is 31.5 Å². The highest BCUT2D eigenvalue weighted by atomic mass is 35.5. The first kappa shape index (κ1) is 16.3. The smallest absolute Gasteiger partial charge is 0.228 e. The Balaban J connectivity index is 2.10. The summed E-state index contributed by atoms with van der Waals surface area (Å²) in [6.45, 7) is 3.87. The van der Waals surface area contributed by atoms with Gasteiger partial charge < -0.3 is 4.90 Å². The molecule has 0 spiro atoms. The highest BCUT2D eigenvalue weighted by molar-refractivity contribution is 7.09. The standard InChI is InChI=1S/C15H16Cl2N2OS/c1-9(13-5-4-11(16)6-14(13)17)19(3)15(20)7-12-8-21-10(2)18-12/h4-6,8-9H,7H2,1-3H3. The van der Waals surface area contributed by atoms with Crippen LogP contribution in [0.1, 0.15) is 29.2 Å². The lowest BCUT2D eigenvalue weighted by molar-refractivity contribution is -0.131. The Hall–Kier alpha value is -1.10. The molecule has 1 amide bonds. The van der Waals surface area contributed by atoms with Gasteiger partial charge in [0.05, 0.1) is 23.2 Å². The van der Waals surface area contributed by atoms with Crippen LogP contribution in [0.2, 0.25) is 10.0 Å². The van der Waals surface area contributed by atoms with Gasteiger partial charge in [0.2, 0.25) is 5.91 Å². The molecule has 0 radical (unpaired) electrons. The van der Waals surface area contributed by atoms with Crippen molar-refractivity contribution >= 4 is 40.4 Å². The third-order valence-corrected chi connectivity index (χ3v) is 4.77. The predicted molar refractivity (Wildman–Crippen MR) is 88.2 cm³/mol. The van der Waals surface area contributed by atoms with Crippen molar-refractivity contribution in [2.75, 3.05) is 7.05 Å². The molecule has 0 bridgehead atoms. The van der Waals surface area contributed by atoms with Gasteiger partial charge >= 0.3 is 0 Å². The molecule has 2 rings (SSSR count). The van der Waals surface area contributed by atoms with Gasteiger partial charge in [-0.25, -0.2) is 4.98 Å². The number of rotatable bonds is 4. The van der Waals surface area contributed by atoms with Gasteiger partial charge in [0.1, 0.15) is 0 Å². The van der Waals surface area contributed by atoms with Crippen LogP contribution >= 0.6 is 34.5 Å². The van der Waals surface area contributed by atoms with E-state index in [2.05, 4.69) is 4.98 Å². The average molecular weight is 343 g/mol. The molecule has 112 valence electrons. The molecule has 1 unspecified atom stereocenters. The van der Waals surface area contributed by atoms with Crippen LogP contribution < -0.4 is 0 Å². The molecule has 2 aromatic rings. The van der Waals surface area contributed by atoms with E-state index in [1.165, 1.54) is 0 Å². The number of aryl methyl sites for hydroxylation is 1. The number of amides is 1. The van der Waals surface area contributed by atoms with E-state index < -0.39 is 0 Å². The lowest BCUT2D eigenvalue weighted by atomic mass is 10.1. The summed E-state index contributed by atoms with van der Waals surface area (Å²) in [6, 6.07) is 5.20. The average Bonchev–Trinajstić information content (AvgIpc) is 2.82. The number of hydrogen-bond donors (Lipinski definition) is 0. The molecule has 0 aliphatic rings. The fourth-order valence-corrected chi connectivity index (χ4v) is 3.21. The number of hydrogen-bond acceptors (Lipinski definition) is 3. The zero-order chi connectivity index (χ0) is 15.6. The Morgan fingerprint density at radius 2 is 2.14 bits per heavy atom. The van der Waals surface area contributed by atoms with Crippen molar-refractivity contribution in [2.45, 2.75) is 26.3 Å². The van der Waals surface area contributed by atoms with Gasteiger partial charge in [0.15, 0.2) is 0 Å². The monoisotopic (exact) mass is 342 g/mol. The number of nitrogens with zero attached hydrogens (tertiary/aromatic N) is 2. The van der Waals surface area contributed by atoms with Crippen molar-refractivity contribution in [1.82, 2.24) is 9.88 Å². The maximum absolute atomic E-state index is 12.3. The van der Waals surface area contributed by atoms with E-state index in [1.807, 2.05) is 25.3 Å². The molecule has 0 aliphatic carbocycles. The zero-order valence-electron chi connectivity index (χ0n) is 12.1. The lowest BCUT2D eigenvalue weighted by Crippen LogP contribution is -2.31. The number of halogens is 2. The Bertz CT molecular complexity index is 657. The van der Waals surface area contributed by atoms with Crippen molar-refractivity contribution in [3.63, 3.8) is 0 Å². The molecule has 3 nitrogen and oxygen atoms in total. The van der Waals surface area contributed by atoms with Crippen LogP contribution in [-0.4, -0.2) is 22.8 Å². The normalized spacial score (nSPS) is 12.2. The van der Waals surface area contributed by atoms with E-state index in [9.17, 15) is 4.79 Å². The summed E-state index contributed by atoms with van der Waals surface area (Å²) in [5.74, 6) is 0.0128. The molecule has 1 heterocycles. The van der Waals surface area contributed by atoms with Crippen LogP contribution in [-0.2, 0) is 11.2 Å². The predicted octanol–water partition coefficient (Wildman–Crippen LogP) is 4.52. The second-order valence-corrected chi connectivity index (χ2v) is 6.79. The SMILES string of the molecule is Cc1nc(CC(=O)N(C)C(C)c2ccc(Cl)cc2Cl)cs1.